The lowest BCUT2D eigenvalue weighted by molar-refractivity contribution is -0.151. The number of amides is 2. The molecule has 38 heavy (non-hydrogen) atoms. The Morgan fingerprint density at radius 1 is 0.921 bits per heavy atom. The van der Waals surface area contributed by atoms with Gasteiger partial charge in [0.15, 0.2) is 0 Å². The number of hydrogen-bond acceptors (Lipinski definition) is 7. The number of aromatic hydroxyl groups is 1. The van der Waals surface area contributed by atoms with Gasteiger partial charge in [-0.15, -0.1) is 0 Å². The summed E-state index contributed by atoms with van der Waals surface area (Å²) in [6.07, 6.45) is -0.0794. The number of carboxylic acids is 1. The van der Waals surface area contributed by atoms with Crippen LogP contribution in [0.2, 0.25) is 0 Å². The summed E-state index contributed by atoms with van der Waals surface area (Å²) in [4.78, 5) is 53.0. The van der Waals surface area contributed by atoms with Crippen LogP contribution in [0.25, 0.3) is 0 Å². The number of nitrogens with zero attached hydrogens (tertiary/aromatic N) is 1. The van der Waals surface area contributed by atoms with Crippen LogP contribution in [-0.4, -0.2) is 44.4 Å². The molecule has 3 aromatic rings. The summed E-state index contributed by atoms with van der Waals surface area (Å²) in [5.74, 6) is -4.50. The van der Waals surface area contributed by atoms with Crippen LogP contribution in [0.1, 0.15) is 29.7 Å². The molecule has 2 aliphatic heterocycles. The van der Waals surface area contributed by atoms with Crippen LogP contribution in [0.3, 0.4) is 0 Å². The molecule has 3 N–H and O–H groups in total. The second-order valence-corrected chi connectivity index (χ2v) is 9.66. The van der Waals surface area contributed by atoms with Gasteiger partial charge in [-0.1, -0.05) is 54.6 Å². The molecular weight excluding hydrogens is 488 g/mol. The van der Waals surface area contributed by atoms with Gasteiger partial charge in [0.1, 0.15) is 17.0 Å². The molecule has 4 atom stereocenters. The van der Waals surface area contributed by atoms with E-state index in [1.165, 1.54) is 19.1 Å². The van der Waals surface area contributed by atoms with E-state index in [1.807, 2.05) is 18.2 Å². The molecule has 9 heteroatoms. The van der Waals surface area contributed by atoms with Crippen molar-refractivity contribution in [1.29, 1.82) is 0 Å². The number of carboxylic acid groups (broad SMARTS) is 1. The Labute approximate surface area is 218 Å². The lowest BCUT2D eigenvalue weighted by Crippen LogP contribution is -2.57. The number of nitrogens with one attached hydrogen (secondary N) is 1. The van der Waals surface area contributed by atoms with Gasteiger partial charge in [0.25, 0.3) is 0 Å². The fourth-order valence-electron chi connectivity index (χ4n) is 5.55. The van der Waals surface area contributed by atoms with Crippen molar-refractivity contribution in [3.8, 4) is 11.5 Å². The molecule has 0 radical (unpaired) electrons. The van der Waals surface area contributed by atoms with E-state index in [2.05, 4.69) is 5.32 Å². The average Bonchev–Trinajstić information content (AvgIpc) is 3.36. The molecular formula is C29H26N2O7. The van der Waals surface area contributed by atoms with Gasteiger partial charge in [-0.25, -0.2) is 0 Å². The maximum Gasteiger partial charge on any atom is 0.325 e. The molecule has 0 spiro atoms. The summed E-state index contributed by atoms with van der Waals surface area (Å²) < 4.78 is 5.10. The molecule has 9 nitrogen and oxygen atoms in total. The first kappa shape index (κ1) is 25.2. The number of fused-ring (bicyclic) bond motifs is 1. The summed E-state index contributed by atoms with van der Waals surface area (Å²) in [5.41, 5.74) is 0.152. The third-order valence-electron chi connectivity index (χ3n) is 7.23. The van der Waals surface area contributed by atoms with Crippen LogP contribution in [0.4, 0.5) is 0 Å². The number of rotatable bonds is 7. The van der Waals surface area contributed by atoms with Crippen LogP contribution in [-0.2, 0) is 32.1 Å². The van der Waals surface area contributed by atoms with Crippen LogP contribution in [0, 0.1) is 11.8 Å². The standard InChI is InChI=1S/C29H26N2O7/c1-17(32)38-22-13-9-20(10-14-22)25-23-24(27(35)31(26(23)34)16-19-5-3-2-4-6-19)29(30-25,28(36)37)15-18-7-11-21(33)12-8-18/h2-14,23-25,30,33H,15-16H2,1H3,(H,36,37). The maximum absolute atomic E-state index is 13.8. The van der Waals surface area contributed by atoms with E-state index in [-0.39, 0.29) is 18.7 Å². The Balaban J connectivity index is 1.57. The number of esters is 1. The monoisotopic (exact) mass is 514 g/mol. The molecule has 2 saturated heterocycles. The molecule has 4 unspecified atom stereocenters. The van der Waals surface area contributed by atoms with Gasteiger partial charge in [0, 0.05) is 19.4 Å². The van der Waals surface area contributed by atoms with E-state index >= 15 is 0 Å². The average molecular weight is 515 g/mol. The fourth-order valence-corrected chi connectivity index (χ4v) is 5.55. The van der Waals surface area contributed by atoms with Gasteiger partial charge in [0.2, 0.25) is 11.8 Å². The fraction of sp³-hybridized carbons (Fsp3) is 0.241. The highest BCUT2D eigenvalue weighted by Gasteiger charge is 2.68. The van der Waals surface area contributed by atoms with E-state index < -0.39 is 47.2 Å². The van der Waals surface area contributed by atoms with Gasteiger partial charge in [-0.2, -0.15) is 0 Å². The number of carbonyl (C=O) groups excluding carboxylic acids is 3. The molecule has 0 bridgehead atoms. The Morgan fingerprint density at radius 2 is 1.58 bits per heavy atom. The van der Waals surface area contributed by atoms with Gasteiger partial charge in [-0.05, 0) is 41.0 Å². The third kappa shape index (κ3) is 4.41. The van der Waals surface area contributed by atoms with Crippen molar-refractivity contribution in [2.75, 3.05) is 0 Å². The highest BCUT2D eigenvalue weighted by Crippen LogP contribution is 2.50. The SMILES string of the molecule is CC(=O)Oc1ccc(C2NC(Cc3ccc(O)cc3)(C(=O)O)C3C(=O)N(Cc4ccccc4)C(=O)C23)cc1. The topological polar surface area (TPSA) is 133 Å². The second kappa shape index (κ2) is 9.75. The van der Waals surface area contributed by atoms with Gasteiger partial charge >= 0.3 is 11.9 Å². The first-order chi connectivity index (χ1) is 18.2. The third-order valence-corrected chi connectivity index (χ3v) is 7.23. The van der Waals surface area contributed by atoms with Crippen molar-refractivity contribution in [3.05, 3.63) is 95.6 Å². The molecule has 194 valence electrons. The Morgan fingerprint density at radius 3 is 2.18 bits per heavy atom. The number of phenolic OH excluding ortho intramolecular Hbond substituents is 1. The Kier molecular flexibility index (Phi) is 6.46. The van der Waals surface area contributed by atoms with Crippen LogP contribution in [0.15, 0.2) is 78.9 Å². The van der Waals surface area contributed by atoms with Crippen molar-refractivity contribution in [2.24, 2.45) is 11.8 Å². The summed E-state index contributed by atoms with van der Waals surface area (Å²) in [7, 11) is 0. The molecule has 2 amide bonds. The van der Waals surface area contributed by atoms with E-state index in [0.717, 1.165) is 10.5 Å². The number of imide groups is 1. The summed E-state index contributed by atoms with van der Waals surface area (Å²) in [6.45, 7) is 1.32. The van der Waals surface area contributed by atoms with Crippen molar-refractivity contribution < 1.29 is 34.1 Å². The maximum atomic E-state index is 13.8. The van der Waals surface area contributed by atoms with E-state index in [4.69, 9.17) is 4.74 Å². The minimum atomic E-state index is -1.78. The zero-order valence-electron chi connectivity index (χ0n) is 20.5. The number of hydrogen-bond donors (Lipinski definition) is 3. The summed E-state index contributed by atoms with van der Waals surface area (Å²) >= 11 is 0. The zero-order chi connectivity index (χ0) is 27.0. The number of likely N-dealkylation sites (tertiary alicyclic amines) is 1. The lowest BCUT2D eigenvalue weighted by Gasteiger charge is -2.31. The minimum Gasteiger partial charge on any atom is -0.508 e. The van der Waals surface area contributed by atoms with Gasteiger partial charge in [0.05, 0.1) is 18.4 Å². The molecule has 2 heterocycles. The zero-order valence-corrected chi connectivity index (χ0v) is 20.5. The predicted molar refractivity (Wildman–Crippen MR) is 135 cm³/mol. The van der Waals surface area contributed by atoms with Gasteiger partial charge in [-0.3, -0.25) is 29.4 Å². The molecule has 0 saturated carbocycles. The number of phenols is 1. The van der Waals surface area contributed by atoms with E-state index in [9.17, 15) is 29.4 Å². The lowest BCUT2D eigenvalue weighted by atomic mass is 9.76. The van der Waals surface area contributed by atoms with Crippen LogP contribution in [0.5, 0.6) is 11.5 Å². The number of benzene rings is 3. The largest absolute Gasteiger partial charge is 0.508 e. The first-order valence-corrected chi connectivity index (χ1v) is 12.2. The Bertz CT molecular complexity index is 1390. The molecule has 0 aliphatic carbocycles. The van der Waals surface area contributed by atoms with Crippen molar-refractivity contribution >= 4 is 23.8 Å². The normalized spacial score (nSPS) is 24.3. The smallest absolute Gasteiger partial charge is 0.325 e. The van der Waals surface area contributed by atoms with E-state index in [0.29, 0.717) is 16.9 Å². The molecule has 0 aromatic heterocycles. The van der Waals surface area contributed by atoms with E-state index in [1.54, 1.807) is 48.5 Å². The quantitative estimate of drug-likeness (QED) is 0.249. The molecule has 5 rings (SSSR count). The highest BCUT2D eigenvalue weighted by molar-refractivity contribution is 6.09. The predicted octanol–water partition coefficient (Wildman–Crippen LogP) is 2.83. The molecule has 2 fully saturated rings. The van der Waals surface area contributed by atoms with Gasteiger partial charge < -0.3 is 14.9 Å². The van der Waals surface area contributed by atoms with Crippen molar-refractivity contribution in [3.63, 3.8) is 0 Å². The van der Waals surface area contributed by atoms with Crippen LogP contribution < -0.4 is 10.1 Å². The van der Waals surface area contributed by atoms with Crippen molar-refractivity contribution in [1.82, 2.24) is 10.2 Å². The Hall–Kier alpha value is -4.50. The second-order valence-electron chi connectivity index (χ2n) is 9.66. The molecule has 2 aliphatic rings. The first-order valence-electron chi connectivity index (χ1n) is 12.2. The highest BCUT2D eigenvalue weighted by atomic mass is 16.5. The number of carbonyl (C=O) groups is 4. The molecule has 3 aromatic carbocycles. The minimum absolute atomic E-state index is 0.0299. The number of ether oxygens (including phenoxy) is 1. The van der Waals surface area contributed by atoms with Crippen molar-refractivity contribution in [2.45, 2.75) is 31.5 Å². The summed E-state index contributed by atoms with van der Waals surface area (Å²) in [6, 6.07) is 20.8. The van der Waals surface area contributed by atoms with Crippen LogP contribution >= 0.6 is 0 Å². The summed E-state index contributed by atoms with van der Waals surface area (Å²) in [5, 5.41) is 23.4. The number of aliphatic carboxylic acids is 1.